The van der Waals surface area contributed by atoms with Gasteiger partial charge in [0.25, 0.3) is 0 Å². The minimum Gasteiger partial charge on any atom is -0.370 e. The maximum Gasteiger partial charge on any atom is 0.111 e. The van der Waals surface area contributed by atoms with Gasteiger partial charge in [0.15, 0.2) is 0 Å². The zero-order chi connectivity index (χ0) is 11.9. The molecule has 3 nitrogen and oxygen atoms in total. The van der Waals surface area contributed by atoms with Crippen LogP contribution in [-0.2, 0) is 11.3 Å². The van der Waals surface area contributed by atoms with Crippen molar-refractivity contribution < 1.29 is 15.0 Å². The van der Waals surface area contributed by atoms with Crippen molar-refractivity contribution in [1.82, 2.24) is 0 Å². The Bertz CT molecular complexity index is 321. The molecule has 3 N–H and O–H groups in total. The van der Waals surface area contributed by atoms with Gasteiger partial charge >= 0.3 is 0 Å². The highest BCUT2D eigenvalue weighted by molar-refractivity contribution is 7.10. The lowest BCUT2D eigenvalue weighted by Gasteiger charge is -2.23. The molecule has 2 rings (SSSR count). The quantitative estimate of drug-likeness (QED) is 0.656. The molecule has 1 aliphatic rings. The molecule has 0 unspecified atom stereocenters. The third-order valence-electron chi connectivity index (χ3n) is 3.44. The molecule has 0 bridgehead atoms. The van der Waals surface area contributed by atoms with Crippen LogP contribution in [0.1, 0.15) is 16.9 Å². The third-order valence-corrected chi connectivity index (χ3v) is 4.48. The lowest BCUT2D eigenvalue weighted by atomic mass is 10.3. The van der Waals surface area contributed by atoms with Gasteiger partial charge in [0, 0.05) is 6.42 Å². The summed E-state index contributed by atoms with van der Waals surface area (Å²) >= 11 is 1.88. The second-order valence-electron chi connectivity index (χ2n) is 4.77. The highest BCUT2D eigenvalue weighted by atomic mass is 32.1. The standard InChI is InChI=1S/C13H22N2OS/c1-12-3-10-17-13(12)11-14-4-2-5-15-6-8-16-9-7-15/h3,10,14H,2,4-9,11H2,1H3/p+2. The Labute approximate surface area is 108 Å². The van der Waals surface area contributed by atoms with Crippen LogP contribution < -0.4 is 10.2 Å². The van der Waals surface area contributed by atoms with Crippen LogP contribution in [0.2, 0.25) is 0 Å². The number of morpholine rings is 1. The fraction of sp³-hybridized carbons (Fsp3) is 0.692. The van der Waals surface area contributed by atoms with Crippen molar-refractivity contribution in [2.45, 2.75) is 19.9 Å². The number of rotatable bonds is 6. The molecule has 0 atom stereocenters. The smallest absolute Gasteiger partial charge is 0.111 e. The van der Waals surface area contributed by atoms with Gasteiger partial charge in [-0.3, -0.25) is 0 Å². The van der Waals surface area contributed by atoms with E-state index in [4.69, 9.17) is 4.74 Å². The van der Waals surface area contributed by atoms with Crippen molar-refractivity contribution in [3.8, 4) is 0 Å². The predicted molar refractivity (Wildman–Crippen MR) is 70.6 cm³/mol. The van der Waals surface area contributed by atoms with E-state index in [9.17, 15) is 0 Å². The van der Waals surface area contributed by atoms with Crippen LogP contribution in [-0.4, -0.2) is 39.4 Å². The first kappa shape index (κ1) is 13.0. The number of quaternary nitrogens is 2. The summed E-state index contributed by atoms with van der Waals surface area (Å²) in [7, 11) is 0. The highest BCUT2D eigenvalue weighted by Crippen LogP contribution is 2.13. The number of ether oxygens (including phenoxy) is 1. The molecule has 17 heavy (non-hydrogen) atoms. The van der Waals surface area contributed by atoms with Gasteiger partial charge < -0.3 is 15.0 Å². The van der Waals surface area contributed by atoms with Crippen molar-refractivity contribution >= 4 is 11.3 Å². The number of thiophene rings is 1. The van der Waals surface area contributed by atoms with Gasteiger partial charge in [-0.1, -0.05) is 0 Å². The van der Waals surface area contributed by atoms with E-state index in [0.29, 0.717) is 0 Å². The molecular weight excluding hydrogens is 232 g/mol. The molecule has 1 aliphatic heterocycles. The lowest BCUT2D eigenvalue weighted by molar-refractivity contribution is -0.909. The third kappa shape index (κ3) is 4.39. The molecule has 0 spiro atoms. The van der Waals surface area contributed by atoms with Crippen molar-refractivity contribution in [2.24, 2.45) is 0 Å². The van der Waals surface area contributed by atoms with Crippen LogP contribution in [0.5, 0.6) is 0 Å². The number of hydrogen-bond donors (Lipinski definition) is 2. The summed E-state index contributed by atoms with van der Waals surface area (Å²) in [5.74, 6) is 0. The van der Waals surface area contributed by atoms with Crippen molar-refractivity contribution in [2.75, 3.05) is 39.4 Å². The van der Waals surface area contributed by atoms with Crippen LogP contribution in [0.25, 0.3) is 0 Å². The first-order valence-corrected chi connectivity index (χ1v) is 7.50. The second-order valence-corrected chi connectivity index (χ2v) is 5.77. The van der Waals surface area contributed by atoms with Crippen LogP contribution in [0.15, 0.2) is 11.4 Å². The van der Waals surface area contributed by atoms with Gasteiger partial charge in [0.2, 0.25) is 0 Å². The fourth-order valence-corrected chi connectivity index (χ4v) is 3.16. The normalized spacial score (nSPS) is 17.5. The van der Waals surface area contributed by atoms with Gasteiger partial charge in [-0.15, -0.1) is 11.3 Å². The molecule has 0 aliphatic carbocycles. The molecule has 2 heterocycles. The Hall–Kier alpha value is -0.420. The average molecular weight is 256 g/mol. The van der Waals surface area contributed by atoms with Gasteiger partial charge in [0.1, 0.15) is 19.6 Å². The van der Waals surface area contributed by atoms with Gasteiger partial charge in [-0.2, -0.15) is 0 Å². The van der Waals surface area contributed by atoms with E-state index in [-0.39, 0.29) is 0 Å². The summed E-state index contributed by atoms with van der Waals surface area (Å²) in [5.41, 5.74) is 1.45. The van der Waals surface area contributed by atoms with Crippen LogP contribution >= 0.6 is 11.3 Å². The molecular formula is C13H24N2OS+2. The summed E-state index contributed by atoms with van der Waals surface area (Å²) < 4.78 is 5.36. The molecule has 0 saturated carbocycles. The molecule has 0 radical (unpaired) electrons. The average Bonchev–Trinajstić information content (AvgIpc) is 2.76. The SMILES string of the molecule is Cc1ccsc1C[NH2+]CCC[NH+]1CCOCC1. The Kier molecular flexibility index (Phi) is 5.45. The number of nitrogens with two attached hydrogens (primary N) is 1. The monoisotopic (exact) mass is 256 g/mol. The Morgan fingerprint density at radius 1 is 1.41 bits per heavy atom. The molecule has 96 valence electrons. The van der Waals surface area contributed by atoms with E-state index >= 15 is 0 Å². The molecule has 1 fully saturated rings. The Morgan fingerprint density at radius 2 is 2.24 bits per heavy atom. The lowest BCUT2D eigenvalue weighted by Crippen LogP contribution is -3.14. The number of hydrogen-bond acceptors (Lipinski definition) is 2. The molecule has 1 saturated heterocycles. The number of aryl methyl sites for hydroxylation is 1. The van der Waals surface area contributed by atoms with E-state index in [0.717, 1.165) is 19.8 Å². The summed E-state index contributed by atoms with van der Waals surface area (Å²) in [6.07, 6.45) is 1.32. The van der Waals surface area contributed by atoms with Gasteiger partial charge in [-0.05, 0) is 23.9 Å². The van der Waals surface area contributed by atoms with E-state index < -0.39 is 0 Å². The first-order chi connectivity index (χ1) is 8.36. The Balaban J connectivity index is 1.53. The first-order valence-electron chi connectivity index (χ1n) is 6.62. The molecule has 1 aromatic rings. The van der Waals surface area contributed by atoms with Crippen molar-refractivity contribution in [3.05, 3.63) is 21.9 Å². The second kappa shape index (κ2) is 7.11. The van der Waals surface area contributed by atoms with Gasteiger partial charge in [-0.25, -0.2) is 0 Å². The zero-order valence-corrected chi connectivity index (χ0v) is 11.5. The fourth-order valence-electron chi connectivity index (χ4n) is 2.25. The zero-order valence-electron chi connectivity index (χ0n) is 10.7. The van der Waals surface area contributed by atoms with Crippen molar-refractivity contribution in [3.63, 3.8) is 0 Å². The summed E-state index contributed by atoms with van der Waals surface area (Å²) in [6, 6.07) is 2.21. The van der Waals surface area contributed by atoms with E-state index in [1.807, 2.05) is 11.3 Å². The molecule has 0 amide bonds. The summed E-state index contributed by atoms with van der Waals surface area (Å²) in [6.45, 7) is 10.2. The van der Waals surface area contributed by atoms with Crippen LogP contribution in [0, 0.1) is 6.92 Å². The summed E-state index contributed by atoms with van der Waals surface area (Å²) in [5, 5.41) is 4.63. The van der Waals surface area contributed by atoms with Gasteiger partial charge in [0.05, 0.1) is 31.2 Å². The Morgan fingerprint density at radius 3 is 2.94 bits per heavy atom. The highest BCUT2D eigenvalue weighted by Gasteiger charge is 2.13. The van der Waals surface area contributed by atoms with E-state index in [1.165, 1.54) is 43.0 Å². The maximum absolute atomic E-state index is 5.36. The minimum atomic E-state index is 0.952. The molecule has 1 aromatic heterocycles. The topological polar surface area (TPSA) is 30.3 Å². The molecule has 0 aromatic carbocycles. The van der Waals surface area contributed by atoms with Crippen LogP contribution in [0.3, 0.4) is 0 Å². The maximum atomic E-state index is 5.36. The summed E-state index contributed by atoms with van der Waals surface area (Å²) in [4.78, 5) is 3.25. The van der Waals surface area contributed by atoms with Crippen molar-refractivity contribution in [1.29, 1.82) is 0 Å². The van der Waals surface area contributed by atoms with Crippen LogP contribution in [0.4, 0.5) is 0 Å². The van der Waals surface area contributed by atoms with E-state index in [1.54, 1.807) is 4.90 Å². The predicted octanol–water partition coefficient (Wildman–Crippen LogP) is -0.575. The number of nitrogens with one attached hydrogen (secondary N) is 1. The molecule has 4 heteroatoms. The van der Waals surface area contributed by atoms with E-state index in [2.05, 4.69) is 23.7 Å². The largest absolute Gasteiger partial charge is 0.370 e. The minimum absolute atomic E-state index is 0.952.